The van der Waals surface area contributed by atoms with Crippen LogP contribution in [-0.2, 0) is 6.54 Å². The number of anilines is 1. The first-order valence-corrected chi connectivity index (χ1v) is 17.4. The predicted octanol–water partition coefficient (Wildman–Crippen LogP) is 10.1. The lowest BCUT2D eigenvalue weighted by Gasteiger charge is -2.23. The van der Waals surface area contributed by atoms with E-state index in [2.05, 4.69) is 65.0 Å². The summed E-state index contributed by atoms with van der Waals surface area (Å²) in [5.74, 6) is 1.26. The van der Waals surface area contributed by atoms with Crippen molar-refractivity contribution in [1.82, 2.24) is 9.88 Å². The van der Waals surface area contributed by atoms with E-state index in [0.29, 0.717) is 24.4 Å². The number of Topliss-reactive ketones (excluding diaryl/α,β-unsaturated/α-hetero) is 1. The zero-order valence-corrected chi connectivity index (χ0v) is 27.6. The Balaban J connectivity index is 0.00000196. The Morgan fingerprint density at radius 1 is 1.00 bits per heavy atom. The van der Waals surface area contributed by atoms with Crippen LogP contribution in [0.1, 0.15) is 80.8 Å². The number of fused-ring (bicyclic) bond motifs is 2. The van der Waals surface area contributed by atoms with Gasteiger partial charge in [-0.2, -0.15) is 5.26 Å². The largest absolute Gasteiger partial charge is 0.366 e. The molecule has 1 atom stereocenters. The Morgan fingerprint density at radius 3 is 2.51 bits per heavy atom. The van der Waals surface area contributed by atoms with Crippen molar-refractivity contribution in [2.45, 2.75) is 65.8 Å². The minimum Gasteiger partial charge on any atom is -0.366 e. The van der Waals surface area contributed by atoms with Crippen molar-refractivity contribution >= 4 is 43.9 Å². The van der Waals surface area contributed by atoms with Gasteiger partial charge in [0, 0.05) is 35.2 Å². The van der Waals surface area contributed by atoms with Crippen LogP contribution in [0.25, 0.3) is 32.1 Å². The van der Waals surface area contributed by atoms with Gasteiger partial charge in [-0.25, -0.2) is 4.98 Å². The molecule has 0 spiro atoms. The molecule has 0 saturated carbocycles. The number of hydrogen-bond donors (Lipinski definition) is 1. The number of nitrogens with zero attached hydrogens (tertiary/aromatic N) is 3. The average molecular weight is 617 g/mol. The lowest BCUT2D eigenvalue weighted by molar-refractivity contribution is 0.0947. The van der Waals surface area contributed by atoms with Crippen LogP contribution >= 0.6 is 11.3 Å². The Labute approximate surface area is 271 Å². The zero-order chi connectivity index (χ0) is 31.6. The first-order valence-electron chi connectivity index (χ1n) is 16.5. The molecule has 0 amide bonds. The van der Waals surface area contributed by atoms with Crippen LogP contribution in [0.15, 0.2) is 78.2 Å². The summed E-state index contributed by atoms with van der Waals surface area (Å²) in [4.78, 5) is 21.7. The first-order chi connectivity index (χ1) is 22.1. The van der Waals surface area contributed by atoms with Crippen molar-refractivity contribution in [1.29, 1.82) is 5.26 Å². The molecule has 1 aliphatic rings. The molecule has 2 aromatic heterocycles. The smallest absolute Gasteiger partial charge is 0.164 e. The van der Waals surface area contributed by atoms with Crippen LogP contribution in [0.2, 0.25) is 0 Å². The van der Waals surface area contributed by atoms with Crippen LogP contribution in [-0.4, -0.2) is 35.3 Å². The number of ketones is 1. The van der Waals surface area contributed by atoms with Crippen LogP contribution in [0.5, 0.6) is 0 Å². The summed E-state index contributed by atoms with van der Waals surface area (Å²) in [7, 11) is 0. The fraction of sp³-hybridized carbons (Fsp3) is 0.359. The fourth-order valence-corrected chi connectivity index (χ4v) is 7.24. The Morgan fingerprint density at radius 2 is 1.76 bits per heavy atom. The molecule has 5 nitrogen and oxygen atoms in total. The summed E-state index contributed by atoms with van der Waals surface area (Å²) in [6.07, 6.45) is 6.43. The fourth-order valence-electron chi connectivity index (χ4n) is 6.27. The van der Waals surface area contributed by atoms with Gasteiger partial charge in [0.2, 0.25) is 0 Å². The van der Waals surface area contributed by atoms with E-state index in [4.69, 9.17) is 4.98 Å². The van der Waals surface area contributed by atoms with Crippen molar-refractivity contribution in [3.8, 4) is 17.2 Å². The van der Waals surface area contributed by atoms with Crippen LogP contribution in [0.3, 0.4) is 0 Å². The SMILES string of the molecule is CC.CCCCC(CC(=O)c1cc(NCc2csc3ccccc23)nc2ccc(-c3ccc(C#N)cc3)cc12)CN1CCCC1. The second-order valence-electron chi connectivity index (χ2n) is 11.7. The van der Waals surface area contributed by atoms with Gasteiger partial charge >= 0.3 is 0 Å². The number of nitrogens with one attached hydrogen (secondary N) is 1. The maximum atomic E-state index is 14.2. The van der Waals surface area contributed by atoms with Crippen molar-refractivity contribution in [2.24, 2.45) is 5.92 Å². The standard InChI is InChI=1S/C37H38N4OS.C2H6/c1-2-3-8-27(24-41-17-6-7-18-41)19-35(42)33-21-37(39-23-30-25-43-36-10-5-4-9-31(30)36)40-34-16-15-29(20-32(33)34)28-13-11-26(22-38)12-14-28;1-2/h4-5,9-16,20-21,25,27H,2-3,6-8,17-19,23-24H2,1H3,(H,39,40);1-2H3. The predicted molar refractivity (Wildman–Crippen MR) is 190 cm³/mol. The summed E-state index contributed by atoms with van der Waals surface area (Å²) >= 11 is 1.75. The third-order valence-electron chi connectivity index (χ3n) is 8.63. The molecule has 5 aromatic rings. The molecular formula is C39H44N4OS. The molecule has 1 unspecified atom stereocenters. The number of unbranched alkanes of at least 4 members (excludes halogenated alkanes) is 1. The summed E-state index contributed by atoms with van der Waals surface area (Å²) in [6, 6.07) is 26.4. The second kappa shape index (κ2) is 15.8. The Bertz CT molecular complexity index is 1760. The number of thiophene rings is 1. The minimum absolute atomic E-state index is 0.189. The van der Waals surface area contributed by atoms with Crippen LogP contribution < -0.4 is 5.32 Å². The van der Waals surface area contributed by atoms with Gasteiger partial charge in [0.1, 0.15) is 5.82 Å². The molecule has 45 heavy (non-hydrogen) atoms. The minimum atomic E-state index is 0.189. The third-order valence-corrected chi connectivity index (χ3v) is 9.64. The topological polar surface area (TPSA) is 69.0 Å². The average Bonchev–Trinajstić information content (AvgIpc) is 3.76. The quantitative estimate of drug-likeness (QED) is 0.141. The third kappa shape index (κ3) is 7.97. The van der Waals surface area contributed by atoms with E-state index < -0.39 is 0 Å². The van der Waals surface area contributed by atoms with Gasteiger partial charge in [0.15, 0.2) is 5.78 Å². The number of hydrogen-bond acceptors (Lipinski definition) is 6. The highest BCUT2D eigenvalue weighted by molar-refractivity contribution is 7.17. The molecule has 1 saturated heterocycles. The van der Waals surface area contributed by atoms with E-state index in [1.54, 1.807) is 11.3 Å². The number of carbonyl (C=O) groups excluding carboxylic acids is 1. The van der Waals surface area contributed by atoms with E-state index in [1.165, 1.54) is 28.5 Å². The number of rotatable bonds is 12. The van der Waals surface area contributed by atoms with Gasteiger partial charge in [-0.15, -0.1) is 11.3 Å². The molecule has 6 heteroatoms. The number of aromatic nitrogens is 1. The van der Waals surface area contributed by atoms with Gasteiger partial charge in [0.05, 0.1) is 17.1 Å². The van der Waals surface area contributed by atoms with Gasteiger partial charge < -0.3 is 10.2 Å². The van der Waals surface area contributed by atoms with Crippen molar-refractivity contribution in [2.75, 3.05) is 25.0 Å². The maximum Gasteiger partial charge on any atom is 0.164 e. The number of pyridine rings is 1. The number of benzene rings is 3. The van der Waals surface area contributed by atoms with Crippen LogP contribution in [0, 0.1) is 17.2 Å². The highest BCUT2D eigenvalue weighted by Gasteiger charge is 2.22. The molecule has 1 N–H and O–H groups in total. The lowest BCUT2D eigenvalue weighted by Crippen LogP contribution is -2.28. The molecule has 232 valence electrons. The maximum absolute atomic E-state index is 14.2. The van der Waals surface area contributed by atoms with Gasteiger partial charge in [0.25, 0.3) is 0 Å². The molecule has 0 aliphatic carbocycles. The zero-order valence-electron chi connectivity index (χ0n) is 26.8. The summed E-state index contributed by atoms with van der Waals surface area (Å²) in [5, 5.41) is 17.1. The molecule has 0 bridgehead atoms. The van der Waals surface area contributed by atoms with E-state index in [-0.39, 0.29) is 5.78 Å². The van der Waals surface area contributed by atoms with Gasteiger partial charge in [-0.3, -0.25) is 4.79 Å². The molecular weight excluding hydrogens is 573 g/mol. The Hall–Kier alpha value is -4.05. The van der Waals surface area contributed by atoms with Crippen molar-refractivity contribution < 1.29 is 4.79 Å². The van der Waals surface area contributed by atoms with E-state index >= 15 is 0 Å². The number of carbonyl (C=O) groups is 1. The highest BCUT2D eigenvalue weighted by Crippen LogP contribution is 2.31. The summed E-state index contributed by atoms with van der Waals surface area (Å²) < 4.78 is 1.27. The molecule has 3 heterocycles. The van der Waals surface area contributed by atoms with Crippen molar-refractivity contribution in [3.05, 3.63) is 94.9 Å². The van der Waals surface area contributed by atoms with E-state index in [0.717, 1.165) is 72.3 Å². The van der Waals surface area contributed by atoms with Crippen LogP contribution in [0.4, 0.5) is 5.82 Å². The number of nitriles is 1. The lowest BCUT2D eigenvalue weighted by atomic mass is 9.91. The molecule has 1 aliphatic heterocycles. The molecule has 6 rings (SSSR count). The highest BCUT2D eigenvalue weighted by atomic mass is 32.1. The molecule has 1 fully saturated rings. The second-order valence-corrected chi connectivity index (χ2v) is 12.6. The van der Waals surface area contributed by atoms with Gasteiger partial charge in [-0.05, 0) is 102 Å². The first kappa shape index (κ1) is 32.3. The molecule has 0 radical (unpaired) electrons. The van der Waals surface area contributed by atoms with E-state index in [9.17, 15) is 10.1 Å². The number of likely N-dealkylation sites (tertiary alicyclic amines) is 1. The normalized spacial score (nSPS) is 13.7. The van der Waals surface area contributed by atoms with Crippen molar-refractivity contribution in [3.63, 3.8) is 0 Å². The van der Waals surface area contributed by atoms with E-state index in [1.807, 2.05) is 50.2 Å². The van der Waals surface area contributed by atoms with Gasteiger partial charge in [-0.1, -0.05) is 70.0 Å². The monoisotopic (exact) mass is 616 g/mol. The summed E-state index contributed by atoms with van der Waals surface area (Å²) in [5.41, 5.74) is 5.44. The summed E-state index contributed by atoms with van der Waals surface area (Å²) in [6.45, 7) is 10.2. The Kier molecular flexibility index (Phi) is 11.4. The molecule has 3 aromatic carbocycles.